The van der Waals surface area contributed by atoms with Crippen LogP contribution in [-0.2, 0) is 9.53 Å². The van der Waals surface area contributed by atoms with E-state index in [9.17, 15) is 4.79 Å². The molecule has 0 saturated heterocycles. The molecule has 0 radical (unpaired) electrons. The Morgan fingerprint density at radius 2 is 1.77 bits per heavy atom. The SMILES string of the molecule is O=C(CBr)OCCCCCCCO. The van der Waals surface area contributed by atoms with Gasteiger partial charge in [-0.05, 0) is 12.8 Å². The molecule has 0 heterocycles. The third-order valence-corrected chi connectivity index (χ3v) is 2.13. The standard InChI is InChI=1S/C9H17BrO3/c10-8-9(12)13-7-5-3-1-2-4-6-11/h11H,1-8H2. The maximum Gasteiger partial charge on any atom is 0.316 e. The van der Waals surface area contributed by atoms with Crippen molar-refractivity contribution in [2.75, 3.05) is 18.5 Å². The Kier molecular flexibility index (Phi) is 9.92. The normalized spacial score (nSPS) is 10.0. The largest absolute Gasteiger partial charge is 0.465 e. The predicted octanol–water partition coefficient (Wildman–Crippen LogP) is 1.87. The fourth-order valence-corrected chi connectivity index (χ4v) is 1.13. The maximum absolute atomic E-state index is 10.6. The summed E-state index contributed by atoms with van der Waals surface area (Å²) in [5.74, 6) is -0.199. The van der Waals surface area contributed by atoms with Gasteiger partial charge in [-0.15, -0.1) is 0 Å². The van der Waals surface area contributed by atoms with Crippen molar-refractivity contribution in [2.24, 2.45) is 0 Å². The molecule has 0 rings (SSSR count). The van der Waals surface area contributed by atoms with E-state index < -0.39 is 0 Å². The first-order valence-electron chi connectivity index (χ1n) is 4.63. The molecule has 0 aliphatic carbocycles. The van der Waals surface area contributed by atoms with E-state index in [4.69, 9.17) is 9.84 Å². The number of hydrogen-bond acceptors (Lipinski definition) is 3. The van der Waals surface area contributed by atoms with Gasteiger partial charge in [-0.25, -0.2) is 0 Å². The second kappa shape index (κ2) is 9.99. The lowest BCUT2D eigenvalue weighted by Gasteiger charge is -2.02. The number of carbonyl (C=O) groups is 1. The summed E-state index contributed by atoms with van der Waals surface area (Å²) < 4.78 is 4.86. The van der Waals surface area contributed by atoms with Crippen LogP contribution >= 0.6 is 15.9 Å². The molecule has 1 N–H and O–H groups in total. The predicted molar refractivity (Wildman–Crippen MR) is 54.9 cm³/mol. The molecule has 78 valence electrons. The highest BCUT2D eigenvalue weighted by Gasteiger charge is 1.97. The molecule has 13 heavy (non-hydrogen) atoms. The van der Waals surface area contributed by atoms with Gasteiger partial charge < -0.3 is 9.84 Å². The zero-order valence-corrected chi connectivity index (χ0v) is 9.38. The Labute approximate surface area is 87.6 Å². The minimum atomic E-state index is -0.199. The Morgan fingerprint density at radius 1 is 1.15 bits per heavy atom. The third kappa shape index (κ3) is 9.83. The van der Waals surface area contributed by atoms with Gasteiger partial charge in [0.2, 0.25) is 0 Å². The molecule has 0 aromatic carbocycles. The second-order valence-electron chi connectivity index (χ2n) is 2.85. The van der Waals surface area contributed by atoms with Crippen LogP contribution in [0.4, 0.5) is 0 Å². The van der Waals surface area contributed by atoms with Crippen LogP contribution in [-0.4, -0.2) is 29.6 Å². The molecular weight excluding hydrogens is 236 g/mol. The summed E-state index contributed by atoms with van der Waals surface area (Å²) in [6, 6.07) is 0. The summed E-state index contributed by atoms with van der Waals surface area (Å²) in [5.41, 5.74) is 0. The van der Waals surface area contributed by atoms with Crippen LogP contribution in [0, 0.1) is 0 Å². The highest BCUT2D eigenvalue weighted by atomic mass is 79.9. The first-order chi connectivity index (χ1) is 6.31. The topological polar surface area (TPSA) is 46.5 Å². The highest BCUT2D eigenvalue weighted by Crippen LogP contribution is 2.02. The molecular formula is C9H17BrO3. The van der Waals surface area contributed by atoms with Crippen LogP contribution < -0.4 is 0 Å². The Morgan fingerprint density at radius 3 is 2.38 bits per heavy atom. The quantitative estimate of drug-likeness (QED) is 0.408. The summed E-state index contributed by atoms with van der Waals surface area (Å²) >= 11 is 3.02. The highest BCUT2D eigenvalue weighted by molar-refractivity contribution is 9.09. The van der Waals surface area contributed by atoms with Crippen molar-refractivity contribution >= 4 is 21.9 Å². The van der Waals surface area contributed by atoms with Gasteiger partial charge in [-0.2, -0.15) is 0 Å². The lowest BCUT2D eigenvalue weighted by Crippen LogP contribution is -2.06. The molecule has 0 aromatic rings. The van der Waals surface area contributed by atoms with E-state index in [2.05, 4.69) is 15.9 Å². The van der Waals surface area contributed by atoms with Gasteiger partial charge in [0.25, 0.3) is 0 Å². The Bertz CT molecular complexity index is 128. The molecule has 0 spiro atoms. The lowest BCUT2D eigenvalue weighted by atomic mass is 10.1. The van der Waals surface area contributed by atoms with Crippen molar-refractivity contribution in [3.05, 3.63) is 0 Å². The number of unbranched alkanes of at least 4 members (excludes halogenated alkanes) is 4. The van der Waals surface area contributed by atoms with Gasteiger partial charge in [0, 0.05) is 6.61 Å². The number of aliphatic hydroxyl groups is 1. The van der Waals surface area contributed by atoms with Crippen LogP contribution in [0.5, 0.6) is 0 Å². The van der Waals surface area contributed by atoms with Gasteiger partial charge in [-0.3, -0.25) is 4.79 Å². The number of carbonyl (C=O) groups excluding carboxylic acids is 1. The van der Waals surface area contributed by atoms with Crippen LogP contribution in [0.25, 0.3) is 0 Å². The fourth-order valence-electron chi connectivity index (χ4n) is 0.969. The molecule has 4 heteroatoms. The molecule has 0 saturated carbocycles. The fraction of sp³-hybridized carbons (Fsp3) is 0.889. The van der Waals surface area contributed by atoms with E-state index in [0.717, 1.165) is 32.1 Å². The molecule has 0 unspecified atom stereocenters. The van der Waals surface area contributed by atoms with Crippen LogP contribution in [0.1, 0.15) is 32.1 Å². The minimum absolute atomic E-state index is 0.199. The smallest absolute Gasteiger partial charge is 0.316 e. The van der Waals surface area contributed by atoms with E-state index in [0.29, 0.717) is 6.61 Å². The van der Waals surface area contributed by atoms with Gasteiger partial charge in [0.05, 0.1) is 6.61 Å². The molecule has 3 nitrogen and oxygen atoms in total. The number of esters is 1. The number of alkyl halides is 1. The molecule has 0 aromatic heterocycles. The van der Waals surface area contributed by atoms with Gasteiger partial charge >= 0.3 is 5.97 Å². The van der Waals surface area contributed by atoms with E-state index >= 15 is 0 Å². The van der Waals surface area contributed by atoms with E-state index in [-0.39, 0.29) is 17.9 Å². The van der Waals surface area contributed by atoms with Crippen molar-refractivity contribution in [1.82, 2.24) is 0 Å². The number of halogens is 1. The summed E-state index contributed by atoms with van der Waals surface area (Å²) in [5, 5.41) is 8.77. The zero-order chi connectivity index (χ0) is 9.94. The number of aliphatic hydroxyl groups excluding tert-OH is 1. The molecule has 0 bridgehead atoms. The molecule has 0 atom stereocenters. The van der Waals surface area contributed by atoms with Crippen LogP contribution in [0.3, 0.4) is 0 Å². The van der Waals surface area contributed by atoms with Crippen molar-refractivity contribution in [3.8, 4) is 0 Å². The van der Waals surface area contributed by atoms with E-state index in [1.165, 1.54) is 0 Å². The summed E-state index contributed by atoms with van der Waals surface area (Å²) in [7, 11) is 0. The Hall–Kier alpha value is -0.0900. The molecule has 0 aliphatic heterocycles. The van der Waals surface area contributed by atoms with E-state index in [1.54, 1.807) is 0 Å². The molecule has 0 fully saturated rings. The third-order valence-electron chi connectivity index (χ3n) is 1.67. The van der Waals surface area contributed by atoms with Crippen molar-refractivity contribution in [2.45, 2.75) is 32.1 Å². The summed E-state index contributed by atoms with van der Waals surface area (Å²) in [6.45, 7) is 0.794. The van der Waals surface area contributed by atoms with Gasteiger partial charge in [0.1, 0.15) is 5.33 Å². The second-order valence-corrected chi connectivity index (χ2v) is 3.41. The molecule has 0 aliphatic rings. The average molecular weight is 253 g/mol. The average Bonchev–Trinajstić information content (AvgIpc) is 2.16. The lowest BCUT2D eigenvalue weighted by molar-refractivity contribution is -0.140. The number of ether oxygens (including phenoxy) is 1. The first kappa shape index (κ1) is 12.9. The van der Waals surface area contributed by atoms with Crippen molar-refractivity contribution in [1.29, 1.82) is 0 Å². The zero-order valence-electron chi connectivity index (χ0n) is 7.80. The summed E-state index contributed by atoms with van der Waals surface area (Å²) in [6.07, 6.45) is 5.02. The van der Waals surface area contributed by atoms with Gasteiger partial charge in [0.15, 0.2) is 0 Å². The number of hydrogen-bond donors (Lipinski definition) is 1. The van der Waals surface area contributed by atoms with Gasteiger partial charge in [-0.1, -0.05) is 35.2 Å². The maximum atomic E-state index is 10.6. The van der Waals surface area contributed by atoms with Crippen LogP contribution in [0.15, 0.2) is 0 Å². The van der Waals surface area contributed by atoms with E-state index in [1.807, 2.05) is 0 Å². The minimum Gasteiger partial charge on any atom is -0.465 e. The van der Waals surface area contributed by atoms with Crippen molar-refractivity contribution < 1.29 is 14.6 Å². The Balaban J connectivity index is 2.95. The number of rotatable bonds is 8. The monoisotopic (exact) mass is 252 g/mol. The summed E-state index contributed by atoms with van der Waals surface area (Å²) in [4.78, 5) is 10.6. The molecule has 0 amide bonds. The van der Waals surface area contributed by atoms with Crippen molar-refractivity contribution in [3.63, 3.8) is 0 Å². The van der Waals surface area contributed by atoms with Crippen LogP contribution in [0.2, 0.25) is 0 Å². The first-order valence-corrected chi connectivity index (χ1v) is 5.76.